The van der Waals surface area contributed by atoms with E-state index in [0.717, 1.165) is 4.57 Å². The lowest BCUT2D eigenvalue weighted by Gasteiger charge is -2.15. The molecule has 0 fully saturated rings. The van der Waals surface area contributed by atoms with Gasteiger partial charge in [0.1, 0.15) is 18.5 Å². The molecule has 1 N–H and O–H groups in total. The Bertz CT molecular complexity index is 726. The number of hydrogen-bond acceptors (Lipinski definition) is 3. The second kappa shape index (κ2) is 6.89. The molecular formula is C16H16FNO4. The predicted octanol–water partition coefficient (Wildman–Crippen LogP) is 2.60. The van der Waals surface area contributed by atoms with Crippen LogP contribution in [0.15, 0.2) is 47.4 Å². The minimum Gasteiger partial charge on any atom is -0.483 e. The van der Waals surface area contributed by atoms with Gasteiger partial charge < -0.3 is 9.84 Å². The molecule has 1 heterocycles. The van der Waals surface area contributed by atoms with E-state index in [1.165, 1.54) is 24.4 Å². The molecular weight excluding hydrogens is 289 g/mol. The normalized spacial score (nSPS) is 11.9. The summed E-state index contributed by atoms with van der Waals surface area (Å²) in [6.07, 6.45) is 1.70. The summed E-state index contributed by atoms with van der Waals surface area (Å²) >= 11 is 0. The van der Waals surface area contributed by atoms with Crippen molar-refractivity contribution in [3.05, 3.63) is 64.3 Å². The lowest BCUT2D eigenvalue weighted by molar-refractivity contribution is -0.141. The maximum absolute atomic E-state index is 13.1. The summed E-state index contributed by atoms with van der Waals surface area (Å²) in [4.78, 5) is 23.4. The first kappa shape index (κ1) is 15.8. The Hall–Kier alpha value is -2.63. The molecule has 116 valence electrons. The highest BCUT2D eigenvalue weighted by atomic mass is 19.1. The molecule has 1 aromatic heterocycles. The van der Waals surface area contributed by atoms with Crippen molar-refractivity contribution >= 4 is 5.97 Å². The van der Waals surface area contributed by atoms with Crippen LogP contribution in [0.5, 0.6) is 5.75 Å². The Balaban J connectivity index is 2.22. The zero-order valence-electron chi connectivity index (χ0n) is 12.0. The molecule has 0 saturated heterocycles. The third-order valence-corrected chi connectivity index (χ3v) is 3.23. The molecule has 1 unspecified atom stereocenters. The van der Waals surface area contributed by atoms with Gasteiger partial charge in [-0.15, -0.1) is 0 Å². The maximum atomic E-state index is 13.1. The highest BCUT2D eigenvalue weighted by Gasteiger charge is 2.19. The van der Waals surface area contributed by atoms with Crippen LogP contribution in [-0.4, -0.2) is 15.6 Å². The SMILES string of the molecule is CCC(C(=O)O)n1cccc(OCc2cccc(F)c2)c1=O. The molecule has 2 aromatic rings. The van der Waals surface area contributed by atoms with Crippen molar-refractivity contribution in [1.82, 2.24) is 4.57 Å². The van der Waals surface area contributed by atoms with Crippen LogP contribution in [0.2, 0.25) is 0 Å². The molecule has 0 aliphatic heterocycles. The van der Waals surface area contributed by atoms with Crippen molar-refractivity contribution in [2.45, 2.75) is 26.0 Å². The maximum Gasteiger partial charge on any atom is 0.326 e. The number of nitrogens with zero attached hydrogens (tertiary/aromatic N) is 1. The fourth-order valence-corrected chi connectivity index (χ4v) is 2.12. The summed E-state index contributed by atoms with van der Waals surface area (Å²) in [6, 6.07) is 7.93. The van der Waals surface area contributed by atoms with Crippen LogP contribution in [0.4, 0.5) is 4.39 Å². The van der Waals surface area contributed by atoms with Gasteiger partial charge in [0.05, 0.1) is 0 Å². The number of aliphatic carboxylic acids is 1. The number of benzene rings is 1. The number of aromatic nitrogens is 1. The van der Waals surface area contributed by atoms with E-state index in [4.69, 9.17) is 9.84 Å². The molecule has 1 aromatic carbocycles. The molecule has 22 heavy (non-hydrogen) atoms. The van der Waals surface area contributed by atoms with Crippen LogP contribution in [0.1, 0.15) is 24.9 Å². The molecule has 0 spiro atoms. The Kier molecular flexibility index (Phi) is 4.93. The fraction of sp³-hybridized carbons (Fsp3) is 0.250. The summed E-state index contributed by atoms with van der Waals surface area (Å²) in [5.41, 5.74) is 0.0632. The smallest absolute Gasteiger partial charge is 0.326 e. The average molecular weight is 305 g/mol. The van der Waals surface area contributed by atoms with E-state index in [0.29, 0.717) is 5.56 Å². The largest absolute Gasteiger partial charge is 0.483 e. The third kappa shape index (κ3) is 3.52. The Labute approximate surface area is 126 Å². The van der Waals surface area contributed by atoms with Gasteiger partial charge in [-0.1, -0.05) is 19.1 Å². The van der Waals surface area contributed by atoms with Crippen LogP contribution in [0, 0.1) is 5.82 Å². The number of pyridine rings is 1. The van der Waals surface area contributed by atoms with Crippen molar-refractivity contribution in [3.63, 3.8) is 0 Å². The van der Waals surface area contributed by atoms with E-state index < -0.39 is 17.6 Å². The van der Waals surface area contributed by atoms with Crippen molar-refractivity contribution in [2.24, 2.45) is 0 Å². The average Bonchev–Trinajstić information content (AvgIpc) is 2.48. The van der Waals surface area contributed by atoms with Gasteiger partial charge in [-0.05, 0) is 36.2 Å². The Morgan fingerprint density at radius 1 is 1.36 bits per heavy atom. The number of halogens is 1. The Morgan fingerprint density at radius 2 is 2.14 bits per heavy atom. The molecule has 5 nitrogen and oxygen atoms in total. The first-order chi connectivity index (χ1) is 10.5. The number of rotatable bonds is 6. The number of carboxylic acids is 1. The number of hydrogen-bond donors (Lipinski definition) is 1. The van der Waals surface area contributed by atoms with Gasteiger partial charge in [-0.3, -0.25) is 9.36 Å². The molecule has 6 heteroatoms. The highest BCUT2D eigenvalue weighted by Crippen LogP contribution is 2.13. The van der Waals surface area contributed by atoms with Crippen LogP contribution in [0.3, 0.4) is 0 Å². The van der Waals surface area contributed by atoms with Gasteiger partial charge in [0.2, 0.25) is 0 Å². The zero-order valence-corrected chi connectivity index (χ0v) is 12.0. The topological polar surface area (TPSA) is 68.5 Å². The predicted molar refractivity (Wildman–Crippen MR) is 78.4 cm³/mol. The minimum absolute atomic E-state index is 0.0286. The van der Waals surface area contributed by atoms with Crippen LogP contribution < -0.4 is 10.3 Å². The first-order valence-corrected chi connectivity index (χ1v) is 6.84. The molecule has 0 bridgehead atoms. The quantitative estimate of drug-likeness (QED) is 0.890. The number of carbonyl (C=O) groups is 1. The molecule has 2 rings (SSSR count). The van der Waals surface area contributed by atoms with E-state index >= 15 is 0 Å². The van der Waals surface area contributed by atoms with Gasteiger partial charge in [0.25, 0.3) is 5.56 Å². The molecule has 1 atom stereocenters. The highest BCUT2D eigenvalue weighted by molar-refractivity contribution is 5.71. The molecule has 0 saturated carbocycles. The zero-order chi connectivity index (χ0) is 16.1. The minimum atomic E-state index is -1.08. The lowest BCUT2D eigenvalue weighted by atomic mass is 10.2. The van der Waals surface area contributed by atoms with E-state index in [1.807, 2.05) is 0 Å². The van der Waals surface area contributed by atoms with E-state index in [9.17, 15) is 14.0 Å². The Morgan fingerprint density at radius 3 is 2.77 bits per heavy atom. The monoisotopic (exact) mass is 305 g/mol. The van der Waals surface area contributed by atoms with Gasteiger partial charge in [-0.2, -0.15) is 0 Å². The molecule has 0 radical (unpaired) electrons. The van der Waals surface area contributed by atoms with Crippen LogP contribution >= 0.6 is 0 Å². The van der Waals surface area contributed by atoms with Gasteiger partial charge in [0, 0.05) is 6.20 Å². The van der Waals surface area contributed by atoms with Crippen molar-refractivity contribution in [3.8, 4) is 5.75 Å². The molecule has 0 aliphatic rings. The molecule has 0 aliphatic carbocycles. The van der Waals surface area contributed by atoms with E-state index in [1.54, 1.807) is 25.1 Å². The summed E-state index contributed by atoms with van der Waals surface area (Å²) in [7, 11) is 0. The van der Waals surface area contributed by atoms with Gasteiger partial charge >= 0.3 is 5.97 Å². The first-order valence-electron chi connectivity index (χ1n) is 6.84. The third-order valence-electron chi connectivity index (χ3n) is 3.23. The number of ether oxygens (including phenoxy) is 1. The summed E-state index contributed by atoms with van der Waals surface area (Å²) in [5, 5.41) is 9.14. The van der Waals surface area contributed by atoms with Crippen LogP contribution in [0.25, 0.3) is 0 Å². The van der Waals surface area contributed by atoms with E-state index in [-0.39, 0.29) is 24.6 Å². The lowest BCUT2D eigenvalue weighted by Crippen LogP contribution is -2.29. The van der Waals surface area contributed by atoms with Gasteiger partial charge in [0.15, 0.2) is 5.75 Å². The van der Waals surface area contributed by atoms with Gasteiger partial charge in [-0.25, -0.2) is 9.18 Å². The number of carboxylic acid groups (broad SMARTS) is 1. The molecule has 0 amide bonds. The second-order valence-corrected chi connectivity index (χ2v) is 4.77. The van der Waals surface area contributed by atoms with E-state index in [2.05, 4.69) is 0 Å². The van der Waals surface area contributed by atoms with Crippen molar-refractivity contribution in [2.75, 3.05) is 0 Å². The summed E-state index contributed by atoms with van der Waals surface area (Å²) < 4.78 is 19.6. The second-order valence-electron chi connectivity index (χ2n) is 4.77. The van der Waals surface area contributed by atoms with Crippen molar-refractivity contribution < 1.29 is 19.0 Å². The van der Waals surface area contributed by atoms with Crippen LogP contribution in [-0.2, 0) is 11.4 Å². The fourth-order valence-electron chi connectivity index (χ4n) is 2.12. The standard InChI is InChI=1S/C16H16FNO4/c1-2-13(16(20)21)18-8-4-7-14(15(18)19)22-10-11-5-3-6-12(17)9-11/h3-9,13H,2,10H2,1H3,(H,20,21). The van der Waals surface area contributed by atoms with Crippen molar-refractivity contribution in [1.29, 1.82) is 0 Å². The summed E-state index contributed by atoms with van der Waals surface area (Å²) in [6.45, 7) is 1.71. The summed E-state index contributed by atoms with van der Waals surface area (Å²) in [5.74, 6) is -1.43.